The molecule has 7 heteroatoms. The Balaban J connectivity index is 1.42. The normalized spacial score (nSPS) is 10.7. The molecule has 4 aromatic rings. The van der Waals surface area contributed by atoms with Gasteiger partial charge in [0, 0.05) is 24.1 Å². The number of benzene rings is 3. The molecule has 33 heavy (non-hydrogen) atoms. The lowest BCUT2D eigenvalue weighted by Gasteiger charge is -2.11. The zero-order chi connectivity index (χ0) is 23.0. The quantitative estimate of drug-likeness (QED) is 0.288. The Kier molecular flexibility index (Phi) is 7.32. The molecule has 0 saturated carbocycles. The van der Waals surface area contributed by atoms with Crippen LogP contribution in [0, 0.1) is 0 Å². The molecule has 6 nitrogen and oxygen atoms in total. The highest BCUT2D eigenvalue weighted by molar-refractivity contribution is 7.99. The molecule has 0 unspecified atom stereocenters. The monoisotopic (exact) mass is 456 g/mol. The van der Waals surface area contributed by atoms with Gasteiger partial charge in [0.2, 0.25) is 5.91 Å². The molecule has 1 N–H and O–H groups in total. The molecule has 0 spiro atoms. The van der Waals surface area contributed by atoms with E-state index in [-0.39, 0.29) is 17.4 Å². The van der Waals surface area contributed by atoms with Gasteiger partial charge in [-0.05, 0) is 24.6 Å². The smallest absolute Gasteiger partial charge is 0.234 e. The van der Waals surface area contributed by atoms with E-state index in [4.69, 9.17) is 0 Å². The second kappa shape index (κ2) is 10.7. The molecule has 0 aliphatic heterocycles. The second-order valence-electron chi connectivity index (χ2n) is 7.38. The van der Waals surface area contributed by atoms with E-state index in [2.05, 4.69) is 27.6 Å². The fraction of sp³-hybridized carbons (Fsp3) is 0.154. The number of rotatable bonds is 9. The maximum atomic E-state index is 12.9. The molecule has 166 valence electrons. The number of hydrogen-bond donors (Lipinski definition) is 1. The van der Waals surface area contributed by atoms with E-state index >= 15 is 0 Å². The van der Waals surface area contributed by atoms with Crippen LogP contribution >= 0.6 is 11.8 Å². The van der Waals surface area contributed by atoms with Gasteiger partial charge in [0.15, 0.2) is 10.9 Å². The fourth-order valence-corrected chi connectivity index (χ4v) is 4.33. The van der Waals surface area contributed by atoms with Gasteiger partial charge >= 0.3 is 0 Å². The van der Waals surface area contributed by atoms with Gasteiger partial charge in [0.25, 0.3) is 0 Å². The Labute approximate surface area is 197 Å². The lowest BCUT2D eigenvalue weighted by molar-refractivity contribution is -0.113. The van der Waals surface area contributed by atoms with Crippen molar-refractivity contribution in [1.82, 2.24) is 14.8 Å². The zero-order valence-corrected chi connectivity index (χ0v) is 19.1. The highest BCUT2D eigenvalue weighted by Crippen LogP contribution is 2.22. The van der Waals surface area contributed by atoms with Gasteiger partial charge in [-0.25, -0.2) is 0 Å². The Hall–Kier alpha value is -3.71. The Morgan fingerprint density at radius 1 is 0.879 bits per heavy atom. The molecule has 1 aromatic heterocycles. The van der Waals surface area contributed by atoms with Crippen molar-refractivity contribution >= 4 is 29.1 Å². The number of amides is 1. The minimum absolute atomic E-state index is 0.129. The van der Waals surface area contributed by atoms with Crippen molar-refractivity contribution in [3.63, 3.8) is 0 Å². The molecule has 3 aromatic carbocycles. The first-order chi connectivity index (χ1) is 16.2. The van der Waals surface area contributed by atoms with Gasteiger partial charge in [0.05, 0.1) is 11.4 Å². The van der Waals surface area contributed by atoms with Crippen molar-refractivity contribution in [2.75, 3.05) is 11.1 Å². The van der Waals surface area contributed by atoms with Crippen molar-refractivity contribution in [3.05, 3.63) is 107 Å². The summed E-state index contributed by atoms with van der Waals surface area (Å²) < 4.78 is 2.03. The van der Waals surface area contributed by atoms with Crippen LogP contribution in [0.4, 0.5) is 5.69 Å². The standard InChI is InChI=1S/C26H24N4O2S/c1-2-30-23(17-19-11-5-3-6-12-19)28-29-26(30)33-18-24(31)27-22-16-10-9-15-21(22)25(32)20-13-7-4-8-14-20/h3-16H,2,17-18H2,1H3,(H,27,31). The number of nitrogens with one attached hydrogen (secondary N) is 1. The van der Waals surface area contributed by atoms with Gasteiger partial charge < -0.3 is 9.88 Å². The largest absolute Gasteiger partial charge is 0.325 e. The summed E-state index contributed by atoms with van der Waals surface area (Å²) in [7, 11) is 0. The number of nitrogens with zero attached hydrogens (tertiary/aromatic N) is 3. The molecule has 0 aliphatic rings. The number of ketones is 1. The third kappa shape index (κ3) is 5.56. The minimum Gasteiger partial charge on any atom is -0.325 e. The number of thioether (sulfide) groups is 1. The summed E-state index contributed by atoms with van der Waals surface area (Å²) in [4.78, 5) is 25.6. The van der Waals surface area contributed by atoms with Crippen LogP contribution in [0.15, 0.2) is 90.1 Å². The molecule has 1 heterocycles. The lowest BCUT2D eigenvalue weighted by Crippen LogP contribution is -2.17. The first-order valence-corrected chi connectivity index (χ1v) is 11.7. The van der Waals surface area contributed by atoms with Crippen LogP contribution in [0.5, 0.6) is 0 Å². The van der Waals surface area contributed by atoms with Crippen LogP contribution in [0.1, 0.15) is 34.2 Å². The summed E-state index contributed by atoms with van der Waals surface area (Å²) in [5, 5.41) is 12.2. The topological polar surface area (TPSA) is 76.9 Å². The first kappa shape index (κ1) is 22.5. The molecule has 0 atom stereocenters. The number of hydrogen-bond acceptors (Lipinski definition) is 5. The van der Waals surface area contributed by atoms with Gasteiger partial charge in [-0.3, -0.25) is 9.59 Å². The van der Waals surface area contributed by atoms with E-state index in [1.54, 1.807) is 36.4 Å². The SMILES string of the molecule is CCn1c(Cc2ccccc2)nnc1SCC(=O)Nc1ccccc1C(=O)c1ccccc1. The Morgan fingerprint density at radius 2 is 1.55 bits per heavy atom. The number of carbonyl (C=O) groups excluding carboxylic acids is 2. The van der Waals surface area contributed by atoms with Gasteiger partial charge in [-0.1, -0.05) is 84.6 Å². The van der Waals surface area contributed by atoms with Crippen molar-refractivity contribution in [1.29, 1.82) is 0 Å². The Bertz CT molecular complexity index is 1240. The van der Waals surface area contributed by atoms with E-state index < -0.39 is 0 Å². The summed E-state index contributed by atoms with van der Waals surface area (Å²) in [6.07, 6.45) is 0.684. The first-order valence-electron chi connectivity index (χ1n) is 10.7. The molecule has 0 aliphatic carbocycles. The maximum Gasteiger partial charge on any atom is 0.234 e. The fourth-order valence-electron chi connectivity index (χ4n) is 3.50. The average molecular weight is 457 g/mol. The number of anilines is 1. The second-order valence-corrected chi connectivity index (χ2v) is 8.33. The number of carbonyl (C=O) groups is 2. The van der Waals surface area contributed by atoms with Crippen molar-refractivity contribution < 1.29 is 9.59 Å². The van der Waals surface area contributed by atoms with Gasteiger partial charge in [-0.15, -0.1) is 10.2 Å². The summed E-state index contributed by atoms with van der Waals surface area (Å²) in [5.74, 6) is 0.696. The van der Waals surface area contributed by atoms with Crippen LogP contribution in [-0.2, 0) is 17.8 Å². The highest BCUT2D eigenvalue weighted by atomic mass is 32.2. The highest BCUT2D eigenvalue weighted by Gasteiger charge is 2.17. The predicted molar refractivity (Wildman–Crippen MR) is 131 cm³/mol. The zero-order valence-electron chi connectivity index (χ0n) is 18.3. The molecule has 0 fully saturated rings. The van der Waals surface area contributed by atoms with Crippen LogP contribution in [0.2, 0.25) is 0 Å². The van der Waals surface area contributed by atoms with E-state index in [0.717, 1.165) is 11.4 Å². The third-order valence-corrected chi connectivity index (χ3v) is 6.10. The van der Waals surface area contributed by atoms with Crippen LogP contribution in [-0.4, -0.2) is 32.2 Å². The van der Waals surface area contributed by atoms with E-state index in [9.17, 15) is 9.59 Å². The lowest BCUT2D eigenvalue weighted by atomic mass is 10.0. The molecule has 1 amide bonds. The summed E-state index contributed by atoms with van der Waals surface area (Å²) >= 11 is 1.33. The predicted octanol–water partition coefficient (Wildman–Crippen LogP) is 4.85. The minimum atomic E-state index is -0.205. The van der Waals surface area contributed by atoms with Crippen molar-refractivity contribution in [3.8, 4) is 0 Å². The molecule has 4 rings (SSSR count). The van der Waals surface area contributed by atoms with Gasteiger partial charge in [-0.2, -0.15) is 0 Å². The van der Waals surface area contributed by atoms with Crippen molar-refractivity contribution in [2.45, 2.75) is 25.0 Å². The summed E-state index contributed by atoms with van der Waals surface area (Å²) in [6.45, 7) is 2.75. The van der Waals surface area contributed by atoms with Crippen molar-refractivity contribution in [2.24, 2.45) is 0 Å². The van der Waals surface area contributed by atoms with Crippen LogP contribution in [0.3, 0.4) is 0 Å². The third-order valence-electron chi connectivity index (χ3n) is 5.13. The molecular formula is C26H24N4O2S. The molecule has 0 radical (unpaired) electrons. The van der Waals surface area contributed by atoms with E-state index in [1.165, 1.54) is 11.8 Å². The number of para-hydroxylation sites is 1. The van der Waals surface area contributed by atoms with E-state index in [1.807, 2.05) is 47.9 Å². The molecule has 0 saturated heterocycles. The maximum absolute atomic E-state index is 12.9. The Morgan fingerprint density at radius 3 is 2.27 bits per heavy atom. The molecular weight excluding hydrogens is 432 g/mol. The molecule has 0 bridgehead atoms. The summed E-state index contributed by atoms with van der Waals surface area (Å²) in [5.41, 5.74) is 2.70. The number of aromatic nitrogens is 3. The van der Waals surface area contributed by atoms with Crippen LogP contribution < -0.4 is 5.32 Å². The summed E-state index contributed by atoms with van der Waals surface area (Å²) in [6, 6.07) is 26.2. The van der Waals surface area contributed by atoms with Crippen LogP contribution in [0.25, 0.3) is 0 Å². The van der Waals surface area contributed by atoms with Gasteiger partial charge in [0.1, 0.15) is 5.82 Å². The van der Waals surface area contributed by atoms with E-state index in [0.29, 0.717) is 34.9 Å². The average Bonchev–Trinajstić information content (AvgIpc) is 3.25.